The van der Waals surface area contributed by atoms with Crippen molar-refractivity contribution in [3.63, 3.8) is 0 Å². The van der Waals surface area contributed by atoms with Crippen molar-refractivity contribution in [3.05, 3.63) is 59.0 Å². The number of benzene rings is 1. The Hall–Kier alpha value is -2.03. The van der Waals surface area contributed by atoms with E-state index in [9.17, 15) is 4.79 Å². The summed E-state index contributed by atoms with van der Waals surface area (Å²) in [6, 6.07) is 10.7. The molecule has 3 heteroatoms. The van der Waals surface area contributed by atoms with Gasteiger partial charge in [-0.3, -0.25) is 4.79 Å². The summed E-state index contributed by atoms with van der Waals surface area (Å²) in [5.41, 5.74) is 3.20. The number of nitrogens with zero attached hydrogens (tertiary/aromatic N) is 1. The summed E-state index contributed by atoms with van der Waals surface area (Å²) < 4.78 is 5.27. The van der Waals surface area contributed by atoms with E-state index >= 15 is 0 Å². The lowest BCUT2D eigenvalue weighted by Crippen LogP contribution is -2.32. The molecular formula is C18H21NO2. The first kappa shape index (κ1) is 13.9. The molecule has 3 nitrogen and oxygen atoms in total. The molecule has 2 aromatic rings. The first-order chi connectivity index (χ1) is 10.2. The molecule has 0 aliphatic heterocycles. The molecule has 21 heavy (non-hydrogen) atoms. The lowest BCUT2D eigenvalue weighted by molar-refractivity contribution is 0.0728. The molecular weight excluding hydrogens is 262 g/mol. The van der Waals surface area contributed by atoms with Gasteiger partial charge in [0.05, 0.1) is 11.8 Å². The molecule has 1 aromatic heterocycles. The lowest BCUT2D eigenvalue weighted by atomic mass is 10.1. The van der Waals surface area contributed by atoms with Crippen LogP contribution in [0.3, 0.4) is 0 Å². The maximum Gasteiger partial charge on any atom is 0.257 e. The van der Waals surface area contributed by atoms with Gasteiger partial charge in [-0.25, -0.2) is 0 Å². The highest BCUT2D eigenvalue weighted by atomic mass is 16.3. The fraction of sp³-hybridized carbons (Fsp3) is 0.389. The van der Waals surface area contributed by atoms with E-state index in [0.717, 1.165) is 19.3 Å². The summed E-state index contributed by atoms with van der Waals surface area (Å²) in [6.07, 6.45) is 4.84. The first-order valence-electron chi connectivity index (χ1n) is 7.62. The Kier molecular flexibility index (Phi) is 3.82. The maximum absolute atomic E-state index is 12.7. The molecule has 1 aliphatic rings. The minimum atomic E-state index is 0.0864. The van der Waals surface area contributed by atoms with Crippen LogP contribution in [0.1, 0.15) is 47.0 Å². The van der Waals surface area contributed by atoms with Gasteiger partial charge in [-0.1, -0.05) is 31.2 Å². The van der Waals surface area contributed by atoms with Gasteiger partial charge in [0, 0.05) is 12.6 Å². The number of aryl methyl sites for hydroxylation is 2. The van der Waals surface area contributed by atoms with Crippen LogP contribution < -0.4 is 0 Å². The van der Waals surface area contributed by atoms with Crippen LogP contribution in [-0.4, -0.2) is 16.8 Å². The van der Waals surface area contributed by atoms with Crippen molar-refractivity contribution in [1.82, 2.24) is 4.90 Å². The largest absolute Gasteiger partial charge is 0.469 e. The predicted octanol–water partition coefficient (Wildman–Crippen LogP) is 3.96. The van der Waals surface area contributed by atoms with Crippen LogP contribution in [-0.2, 0) is 13.0 Å². The number of carbonyl (C=O) groups excluding carboxylic acids is 1. The van der Waals surface area contributed by atoms with Gasteiger partial charge < -0.3 is 9.32 Å². The highest BCUT2D eigenvalue weighted by Crippen LogP contribution is 2.30. The summed E-state index contributed by atoms with van der Waals surface area (Å²) in [5.74, 6) is 0.787. The van der Waals surface area contributed by atoms with Crippen LogP contribution in [0.2, 0.25) is 0 Å². The van der Waals surface area contributed by atoms with E-state index in [4.69, 9.17) is 4.42 Å². The second-order valence-electron chi connectivity index (χ2n) is 5.72. The third kappa shape index (κ3) is 3.02. The summed E-state index contributed by atoms with van der Waals surface area (Å²) in [5, 5.41) is 0. The predicted molar refractivity (Wildman–Crippen MR) is 82.2 cm³/mol. The first-order valence-corrected chi connectivity index (χ1v) is 7.62. The van der Waals surface area contributed by atoms with Crippen LogP contribution in [0.25, 0.3) is 0 Å². The summed E-state index contributed by atoms with van der Waals surface area (Å²) in [4.78, 5) is 14.7. The SMILES string of the molecule is CCc1ccc(CN(C(=O)c2ccoc2C)C2CC2)cc1. The molecule has 0 atom stereocenters. The molecule has 3 rings (SSSR count). The normalized spacial score (nSPS) is 14.2. The van der Waals surface area contributed by atoms with Crippen molar-refractivity contribution in [2.45, 2.75) is 45.7 Å². The summed E-state index contributed by atoms with van der Waals surface area (Å²) >= 11 is 0. The molecule has 1 aromatic carbocycles. The minimum absolute atomic E-state index is 0.0864. The number of rotatable bonds is 5. The molecule has 0 spiro atoms. The molecule has 110 valence electrons. The van der Waals surface area contributed by atoms with Gasteiger partial charge in [0.2, 0.25) is 0 Å². The Labute approximate surface area is 125 Å². The topological polar surface area (TPSA) is 33.5 Å². The van der Waals surface area contributed by atoms with E-state index < -0.39 is 0 Å². The number of carbonyl (C=O) groups is 1. The van der Waals surface area contributed by atoms with Gasteiger partial charge in [-0.15, -0.1) is 0 Å². The minimum Gasteiger partial charge on any atom is -0.469 e. The lowest BCUT2D eigenvalue weighted by Gasteiger charge is -2.22. The van der Waals surface area contributed by atoms with Gasteiger partial charge in [-0.2, -0.15) is 0 Å². The molecule has 1 amide bonds. The van der Waals surface area contributed by atoms with Crippen LogP contribution in [0.4, 0.5) is 0 Å². The zero-order valence-electron chi connectivity index (χ0n) is 12.6. The number of hydrogen-bond donors (Lipinski definition) is 0. The van der Waals surface area contributed by atoms with E-state index in [0.29, 0.717) is 23.9 Å². The fourth-order valence-electron chi connectivity index (χ4n) is 2.59. The standard InChI is InChI=1S/C18H21NO2/c1-3-14-4-6-15(7-5-14)12-19(16-8-9-16)18(20)17-10-11-21-13(17)2/h4-7,10-11,16H,3,8-9,12H2,1-2H3. The average Bonchev–Trinajstić information content (AvgIpc) is 3.26. The van der Waals surface area contributed by atoms with Crippen LogP contribution in [0.15, 0.2) is 41.0 Å². The number of amides is 1. The van der Waals surface area contributed by atoms with Crippen molar-refractivity contribution in [3.8, 4) is 0 Å². The Balaban J connectivity index is 1.78. The Morgan fingerprint density at radius 3 is 2.38 bits per heavy atom. The molecule has 0 bridgehead atoms. The van der Waals surface area contributed by atoms with Crippen LogP contribution in [0.5, 0.6) is 0 Å². The van der Waals surface area contributed by atoms with Crippen LogP contribution >= 0.6 is 0 Å². The number of furan rings is 1. The molecule has 1 heterocycles. The van der Waals surface area contributed by atoms with Gasteiger partial charge in [-0.05, 0) is 43.4 Å². The van der Waals surface area contributed by atoms with Crippen molar-refractivity contribution in [1.29, 1.82) is 0 Å². The molecule has 0 N–H and O–H groups in total. The molecule has 1 aliphatic carbocycles. The van der Waals surface area contributed by atoms with E-state index in [1.54, 1.807) is 12.3 Å². The Morgan fingerprint density at radius 2 is 1.86 bits per heavy atom. The quantitative estimate of drug-likeness (QED) is 0.832. The highest BCUT2D eigenvalue weighted by molar-refractivity contribution is 5.95. The van der Waals surface area contributed by atoms with Crippen molar-refractivity contribution in [2.24, 2.45) is 0 Å². The van der Waals surface area contributed by atoms with E-state index in [-0.39, 0.29) is 5.91 Å². The average molecular weight is 283 g/mol. The smallest absolute Gasteiger partial charge is 0.257 e. The summed E-state index contributed by atoms with van der Waals surface area (Å²) in [6.45, 7) is 4.67. The third-order valence-corrected chi connectivity index (χ3v) is 4.12. The molecule has 0 saturated heterocycles. The van der Waals surface area contributed by atoms with Crippen molar-refractivity contribution < 1.29 is 9.21 Å². The molecule has 0 unspecified atom stereocenters. The van der Waals surface area contributed by atoms with Gasteiger partial charge in [0.25, 0.3) is 5.91 Å². The zero-order chi connectivity index (χ0) is 14.8. The molecule has 0 radical (unpaired) electrons. The monoisotopic (exact) mass is 283 g/mol. The molecule has 1 fully saturated rings. The van der Waals surface area contributed by atoms with Crippen molar-refractivity contribution >= 4 is 5.91 Å². The second-order valence-corrected chi connectivity index (χ2v) is 5.72. The maximum atomic E-state index is 12.7. The highest BCUT2D eigenvalue weighted by Gasteiger charge is 2.34. The second kappa shape index (κ2) is 5.76. The van der Waals surface area contributed by atoms with Crippen LogP contribution in [0, 0.1) is 6.92 Å². The van der Waals surface area contributed by atoms with Gasteiger partial charge in [0.1, 0.15) is 5.76 Å². The Morgan fingerprint density at radius 1 is 1.19 bits per heavy atom. The van der Waals surface area contributed by atoms with E-state index in [2.05, 4.69) is 31.2 Å². The van der Waals surface area contributed by atoms with Gasteiger partial charge in [0.15, 0.2) is 0 Å². The number of hydrogen-bond acceptors (Lipinski definition) is 2. The van der Waals surface area contributed by atoms with E-state index in [1.165, 1.54) is 11.1 Å². The molecule has 1 saturated carbocycles. The van der Waals surface area contributed by atoms with Crippen molar-refractivity contribution in [2.75, 3.05) is 0 Å². The van der Waals surface area contributed by atoms with Gasteiger partial charge >= 0.3 is 0 Å². The summed E-state index contributed by atoms with van der Waals surface area (Å²) in [7, 11) is 0. The Bertz CT molecular complexity index is 623. The third-order valence-electron chi connectivity index (χ3n) is 4.12. The fourth-order valence-corrected chi connectivity index (χ4v) is 2.59. The zero-order valence-corrected chi connectivity index (χ0v) is 12.6. The van der Waals surface area contributed by atoms with E-state index in [1.807, 2.05) is 11.8 Å².